The molecule has 0 aliphatic heterocycles. The van der Waals surface area contributed by atoms with Gasteiger partial charge in [0.2, 0.25) is 0 Å². The number of carboxylic acid groups (broad SMARTS) is 1. The first-order valence-corrected chi connectivity index (χ1v) is 5.87. The van der Waals surface area contributed by atoms with Crippen molar-refractivity contribution in [3.8, 4) is 0 Å². The fourth-order valence-corrected chi connectivity index (χ4v) is 1.80. The van der Waals surface area contributed by atoms with E-state index in [2.05, 4.69) is 11.9 Å². The molecule has 0 bridgehead atoms. The second-order valence-corrected chi connectivity index (χ2v) is 4.15. The largest absolute Gasteiger partial charge is 0.477 e. The maximum Gasteiger partial charge on any atom is 0.342 e. The normalized spacial score (nSPS) is 10.7. The van der Waals surface area contributed by atoms with E-state index in [9.17, 15) is 9.59 Å². The van der Waals surface area contributed by atoms with Crippen LogP contribution in [0.5, 0.6) is 0 Å². The summed E-state index contributed by atoms with van der Waals surface area (Å²) in [7, 11) is 0. The summed E-state index contributed by atoms with van der Waals surface area (Å²) < 4.78 is 1.30. The van der Waals surface area contributed by atoms with Gasteiger partial charge in [0, 0.05) is 12.4 Å². The Bertz CT molecular complexity index is 646. The van der Waals surface area contributed by atoms with Crippen LogP contribution in [0.3, 0.4) is 0 Å². The van der Waals surface area contributed by atoms with Gasteiger partial charge in [0.25, 0.3) is 5.56 Å². The molecule has 0 fully saturated rings. The third-order valence-corrected chi connectivity index (χ3v) is 2.81. The summed E-state index contributed by atoms with van der Waals surface area (Å²) in [6, 6.07) is 3.65. The second kappa shape index (κ2) is 5.00. The summed E-state index contributed by atoms with van der Waals surface area (Å²) in [6.07, 6.45) is 5.75. The smallest absolute Gasteiger partial charge is 0.342 e. The van der Waals surface area contributed by atoms with Gasteiger partial charge in [-0.3, -0.25) is 9.20 Å². The van der Waals surface area contributed by atoms with Crippen molar-refractivity contribution in [3.63, 3.8) is 0 Å². The fraction of sp³-hybridized carbons (Fsp3) is 0.308. The molecule has 0 atom stereocenters. The van der Waals surface area contributed by atoms with Crippen LogP contribution >= 0.6 is 0 Å². The van der Waals surface area contributed by atoms with Crippen molar-refractivity contribution in [2.75, 3.05) is 0 Å². The van der Waals surface area contributed by atoms with E-state index < -0.39 is 11.5 Å². The van der Waals surface area contributed by atoms with Crippen LogP contribution in [-0.4, -0.2) is 20.5 Å². The highest BCUT2D eigenvalue weighted by Gasteiger charge is 2.11. The number of hydrogen-bond donors (Lipinski definition) is 1. The van der Waals surface area contributed by atoms with Crippen LogP contribution in [0.1, 0.15) is 35.7 Å². The summed E-state index contributed by atoms with van der Waals surface area (Å²) in [6.45, 7) is 2.09. The van der Waals surface area contributed by atoms with Crippen molar-refractivity contribution >= 4 is 11.6 Å². The fourth-order valence-electron chi connectivity index (χ4n) is 1.80. The van der Waals surface area contributed by atoms with E-state index >= 15 is 0 Å². The zero-order valence-electron chi connectivity index (χ0n) is 10.1. The van der Waals surface area contributed by atoms with E-state index in [1.54, 1.807) is 12.3 Å². The van der Waals surface area contributed by atoms with E-state index in [4.69, 9.17) is 5.11 Å². The molecule has 0 aromatic carbocycles. The van der Waals surface area contributed by atoms with E-state index in [1.165, 1.54) is 4.40 Å². The summed E-state index contributed by atoms with van der Waals surface area (Å²) in [5.41, 5.74) is 0.632. The first kappa shape index (κ1) is 12.3. The van der Waals surface area contributed by atoms with Crippen LogP contribution in [0.4, 0.5) is 0 Å². The quantitative estimate of drug-likeness (QED) is 0.891. The predicted octanol–water partition coefficient (Wildman–Crippen LogP) is 1.74. The van der Waals surface area contributed by atoms with Gasteiger partial charge in [-0.05, 0) is 24.5 Å². The Labute approximate surface area is 104 Å². The Morgan fingerprint density at radius 3 is 2.89 bits per heavy atom. The summed E-state index contributed by atoms with van der Waals surface area (Å²) in [4.78, 5) is 26.8. The Hall–Kier alpha value is -2.17. The molecule has 0 unspecified atom stereocenters. The van der Waals surface area contributed by atoms with Gasteiger partial charge in [0.1, 0.15) is 11.2 Å². The standard InChI is InChI=1S/C13H14N2O3/c1-2-3-4-9-5-6-11-14-7-10(13(17)18)12(16)15(11)8-9/h5-8H,2-4H2,1H3,(H,17,18). The lowest BCUT2D eigenvalue weighted by molar-refractivity contribution is 0.0694. The van der Waals surface area contributed by atoms with Crippen molar-refractivity contribution in [1.29, 1.82) is 0 Å². The minimum absolute atomic E-state index is 0.305. The first-order chi connectivity index (χ1) is 8.63. The van der Waals surface area contributed by atoms with Crippen LogP contribution in [0, 0.1) is 0 Å². The number of unbranched alkanes of at least 4 members (excludes halogenated alkanes) is 1. The Morgan fingerprint density at radius 2 is 2.22 bits per heavy atom. The van der Waals surface area contributed by atoms with Crippen molar-refractivity contribution in [2.45, 2.75) is 26.2 Å². The van der Waals surface area contributed by atoms with Gasteiger partial charge in [0.15, 0.2) is 0 Å². The van der Waals surface area contributed by atoms with E-state index in [-0.39, 0.29) is 5.56 Å². The molecule has 0 amide bonds. The molecule has 18 heavy (non-hydrogen) atoms. The Balaban J connectivity index is 2.56. The second-order valence-electron chi connectivity index (χ2n) is 4.15. The van der Waals surface area contributed by atoms with Gasteiger partial charge in [0.05, 0.1) is 0 Å². The van der Waals surface area contributed by atoms with Crippen molar-refractivity contribution in [1.82, 2.24) is 9.38 Å². The summed E-state index contributed by atoms with van der Waals surface area (Å²) >= 11 is 0. The number of rotatable bonds is 4. The van der Waals surface area contributed by atoms with Gasteiger partial charge >= 0.3 is 5.97 Å². The molecule has 94 valence electrons. The van der Waals surface area contributed by atoms with E-state index in [0.717, 1.165) is 31.0 Å². The van der Waals surface area contributed by atoms with Gasteiger partial charge in [-0.1, -0.05) is 19.4 Å². The number of fused-ring (bicyclic) bond motifs is 1. The van der Waals surface area contributed by atoms with E-state index in [1.807, 2.05) is 6.07 Å². The molecule has 2 aromatic rings. The highest BCUT2D eigenvalue weighted by atomic mass is 16.4. The lowest BCUT2D eigenvalue weighted by atomic mass is 10.1. The van der Waals surface area contributed by atoms with Crippen molar-refractivity contribution < 1.29 is 9.90 Å². The van der Waals surface area contributed by atoms with Crippen LogP contribution in [0.25, 0.3) is 5.65 Å². The van der Waals surface area contributed by atoms with Gasteiger partial charge in [-0.25, -0.2) is 9.78 Å². The highest BCUT2D eigenvalue weighted by molar-refractivity contribution is 5.86. The van der Waals surface area contributed by atoms with Crippen LogP contribution in [0.15, 0.2) is 29.3 Å². The number of aromatic carboxylic acids is 1. The minimum Gasteiger partial charge on any atom is -0.477 e. The van der Waals surface area contributed by atoms with Crippen LogP contribution in [0.2, 0.25) is 0 Å². The number of nitrogens with zero attached hydrogens (tertiary/aromatic N) is 2. The molecule has 5 heteroatoms. The Kier molecular flexibility index (Phi) is 3.41. The topological polar surface area (TPSA) is 71.7 Å². The number of carboxylic acids is 1. The first-order valence-electron chi connectivity index (χ1n) is 5.87. The van der Waals surface area contributed by atoms with Crippen molar-refractivity contribution in [2.24, 2.45) is 0 Å². The third kappa shape index (κ3) is 2.25. The van der Waals surface area contributed by atoms with Gasteiger partial charge in [-0.15, -0.1) is 0 Å². The maximum absolute atomic E-state index is 11.9. The maximum atomic E-state index is 11.9. The molecule has 1 N–H and O–H groups in total. The van der Waals surface area contributed by atoms with E-state index in [0.29, 0.717) is 5.65 Å². The zero-order chi connectivity index (χ0) is 13.1. The van der Waals surface area contributed by atoms with Crippen molar-refractivity contribution in [3.05, 3.63) is 46.0 Å². The molecular weight excluding hydrogens is 232 g/mol. The van der Waals surface area contributed by atoms with Crippen LogP contribution in [-0.2, 0) is 6.42 Å². The predicted molar refractivity (Wildman–Crippen MR) is 67.0 cm³/mol. The number of aryl methyl sites for hydroxylation is 1. The van der Waals surface area contributed by atoms with Gasteiger partial charge < -0.3 is 5.11 Å². The molecule has 2 rings (SSSR count). The number of carbonyl (C=O) groups is 1. The SMILES string of the molecule is CCCCc1ccc2ncc(C(=O)O)c(=O)n2c1. The molecule has 5 nitrogen and oxygen atoms in total. The molecule has 0 radical (unpaired) electrons. The molecule has 0 spiro atoms. The third-order valence-electron chi connectivity index (χ3n) is 2.81. The molecule has 0 aliphatic rings. The summed E-state index contributed by atoms with van der Waals surface area (Å²) in [5, 5.41) is 8.88. The number of aromatic nitrogens is 2. The highest BCUT2D eigenvalue weighted by Crippen LogP contribution is 2.06. The summed E-state index contributed by atoms with van der Waals surface area (Å²) in [5.74, 6) is -1.25. The molecule has 2 aromatic heterocycles. The average molecular weight is 246 g/mol. The Morgan fingerprint density at radius 1 is 1.44 bits per heavy atom. The minimum atomic E-state index is -1.25. The lowest BCUT2D eigenvalue weighted by Gasteiger charge is -2.04. The lowest BCUT2D eigenvalue weighted by Crippen LogP contribution is -2.22. The van der Waals surface area contributed by atoms with Gasteiger partial charge in [-0.2, -0.15) is 0 Å². The molecular formula is C13H14N2O3. The molecule has 2 heterocycles. The monoisotopic (exact) mass is 246 g/mol. The zero-order valence-corrected chi connectivity index (χ0v) is 10.1. The molecule has 0 aliphatic carbocycles. The average Bonchev–Trinajstić information content (AvgIpc) is 2.36. The number of pyridine rings is 1. The molecule has 0 saturated carbocycles. The molecule has 0 saturated heterocycles. The number of hydrogen-bond acceptors (Lipinski definition) is 3. The van der Waals surface area contributed by atoms with Crippen LogP contribution < -0.4 is 5.56 Å².